The molecule has 3 heterocycles. The molecule has 0 radical (unpaired) electrons. The standard InChI is InChI=1S/C42H52F2N6O3/c1-8-31-35(43)15-12-29-22-30(51)23-34(37(29)31)33-14-13-32(26(3)49-19-11-18-46-36(24-49)25(2)39(45)41(52)48(6)7)40(38(33)44)47-28(5)53-27(4)42-16-9-20-50(42)21-10-17-42/h12-15,22-23,27,51H,5,8-11,16-21,24,45H2,1-4,6-7H3/b32-26+,39-25?,47-40?. The van der Waals surface area contributed by atoms with Gasteiger partial charge in [0, 0.05) is 49.6 Å². The highest BCUT2D eigenvalue weighted by molar-refractivity contribution is 6.21. The molecule has 9 nitrogen and oxygen atoms in total. The number of nitrogens with two attached hydrogens (primary N) is 1. The number of rotatable bonds is 9. The second-order valence-corrected chi connectivity index (χ2v) is 14.8. The maximum absolute atomic E-state index is 17.4. The molecule has 3 N–H and O–H groups in total. The Hall–Kier alpha value is -4.77. The fraction of sp³-hybridized carbons (Fsp3) is 0.452. The monoisotopic (exact) mass is 726 g/mol. The fourth-order valence-corrected chi connectivity index (χ4v) is 8.55. The molecule has 6 rings (SSSR count). The van der Waals surface area contributed by atoms with E-state index in [9.17, 15) is 9.90 Å². The summed E-state index contributed by atoms with van der Waals surface area (Å²) < 4.78 is 39.0. The lowest BCUT2D eigenvalue weighted by atomic mass is 9.88. The number of aliphatic imine (C=N–C) groups is 2. The number of fused-ring (bicyclic) bond motifs is 2. The maximum atomic E-state index is 17.4. The number of amides is 1. The lowest BCUT2D eigenvalue weighted by molar-refractivity contribution is -0.124. The number of hydrogen-bond donors (Lipinski definition) is 2. The molecule has 1 atom stereocenters. The lowest BCUT2D eigenvalue weighted by Crippen LogP contribution is -2.48. The number of carbonyl (C=O) groups is 1. The molecule has 2 fully saturated rings. The average Bonchev–Trinajstić information content (AvgIpc) is 3.64. The maximum Gasteiger partial charge on any atom is 0.269 e. The number of aryl methyl sites for hydroxylation is 1. The van der Waals surface area contributed by atoms with Gasteiger partial charge < -0.3 is 25.4 Å². The third-order valence-corrected chi connectivity index (χ3v) is 11.5. The van der Waals surface area contributed by atoms with E-state index < -0.39 is 11.6 Å². The fourth-order valence-electron chi connectivity index (χ4n) is 8.55. The Morgan fingerprint density at radius 2 is 1.85 bits per heavy atom. The summed E-state index contributed by atoms with van der Waals surface area (Å²) in [6.45, 7) is 15.4. The van der Waals surface area contributed by atoms with E-state index in [-0.39, 0.29) is 46.2 Å². The molecule has 282 valence electrons. The molecular formula is C42H52F2N6O3. The Labute approximate surface area is 311 Å². The topological polar surface area (TPSA) is 107 Å². The minimum Gasteiger partial charge on any atom is -0.508 e. The molecule has 2 aromatic rings. The summed E-state index contributed by atoms with van der Waals surface area (Å²) in [5.41, 5.74) is 9.90. The second-order valence-electron chi connectivity index (χ2n) is 14.8. The van der Waals surface area contributed by atoms with Gasteiger partial charge in [-0.25, -0.2) is 13.8 Å². The van der Waals surface area contributed by atoms with Gasteiger partial charge in [-0.05, 0) is 119 Å². The van der Waals surface area contributed by atoms with Crippen molar-refractivity contribution in [3.05, 3.63) is 94.2 Å². The van der Waals surface area contributed by atoms with Gasteiger partial charge in [-0.15, -0.1) is 0 Å². The number of benzene rings is 2. The number of halogens is 2. The molecule has 1 unspecified atom stereocenters. The van der Waals surface area contributed by atoms with Crippen LogP contribution < -0.4 is 5.73 Å². The SMILES string of the molecule is C=C(N=C1C(F)=C(c2cc(O)cc3ccc(F)c(CC)c23)C=C/C1=C(/C)N1CCCN=C(C(C)=C(N)C(=O)N(C)C)C1)OC(C)C12CCCN1CCC2. The minimum atomic E-state index is -0.639. The third kappa shape index (κ3) is 7.15. The first kappa shape index (κ1) is 38.0. The number of ether oxygens (including phenoxy) is 1. The van der Waals surface area contributed by atoms with E-state index in [2.05, 4.69) is 23.3 Å². The molecule has 1 aliphatic carbocycles. The molecular weight excluding hydrogens is 674 g/mol. The first-order chi connectivity index (χ1) is 25.3. The number of phenolic OH excluding ortho intramolecular Hbond substituents is 1. The van der Waals surface area contributed by atoms with Gasteiger partial charge in [0.05, 0.1) is 17.8 Å². The van der Waals surface area contributed by atoms with Crippen molar-refractivity contribution >= 4 is 33.7 Å². The van der Waals surface area contributed by atoms with Crippen LogP contribution in [0.25, 0.3) is 16.3 Å². The van der Waals surface area contributed by atoms with Crippen LogP contribution in [-0.2, 0) is 16.0 Å². The van der Waals surface area contributed by atoms with Crippen LogP contribution in [0, 0.1) is 5.82 Å². The van der Waals surface area contributed by atoms with Gasteiger partial charge in [-0.2, -0.15) is 0 Å². The highest BCUT2D eigenvalue weighted by atomic mass is 19.1. The predicted octanol–water partition coefficient (Wildman–Crippen LogP) is 7.18. The zero-order valence-electron chi connectivity index (χ0n) is 31.9. The Morgan fingerprint density at radius 3 is 2.53 bits per heavy atom. The number of phenols is 1. The minimum absolute atomic E-state index is 0.0349. The van der Waals surface area contributed by atoms with Gasteiger partial charge in [-0.1, -0.05) is 25.1 Å². The van der Waals surface area contributed by atoms with E-state index in [1.165, 1.54) is 17.0 Å². The molecule has 2 saturated heterocycles. The van der Waals surface area contributed by atoms with Crippen LogP contribution in [0.4, 0.5) is 8.78 Å². The lowest BCUT2D eigenvalue weighted by Gasteiger charge is -2.37. The summed E-state index contributed by atoms with van der Waals surface area (Å²) in [6.07, 6.45) is 8.65. The van der Waals surface area contributed by atoms with Crippen molar-refractivity contribution in [2.45, 2.75) is 77.9 Å². The van der Waals surface area contributed by atoms with Gasteiger partial charge >= 0.3 is 0 Å². The predicted molar refractivity (Wildman–Crippen MR) is 209 cm³/mol. The number of hydrogen-bond acceptors (Lipinski definition) is 8. The van der Waals surface area contributed by atoms with E-state index in [0.29, 0.717) is 64.8 Å². The molecule has 0 bridgehead atoms. The number of allylic oxidation sites excluding steroid dienone is 6. The quantitative estimate of drug-likeness (QED) is 0.210. The molecule has 4 aliphatic rings. The molecule has 0 aromatic heterocycles. The average molecular weight is 727 g/mol. The number of likely N-dealkylation sites (N-methyl/N-ethyl adjacent to an activating group) is 1. The van der Waals surface area contributed by atoms with Gasteiger partial charge in [0.15, 0.2) is 5.83 Å². The van der Waals surface area contributed by atoms with Crippen LogP contribution in [0.1, 0.15) is 70.9 Å². The summed E-state index contributed by atoms with van der Waals surface area (Å²) in [4.78, 5) is 28.3. The van der Waals surface area contributed by atoms with Crippen LogP contribution >= 0.6 is 0 Å². The molecule has 2 aromatic carbocycles. The number of carbonyl (C=O) groups excluding carboxylic acids is 1. The van der Waals surface area contributed by atoms with Gasteiger partial charge in [-0.3, -0.25) is 14.7 Å². The molecule has 53 heavy (non-hydrogen) atoms. The molecule has 0 spiro atoms. The van der Waals surface area contributed by atoms with Gasteiger partial charge in [0.25, 0.3) is 5.91 Å². The Morgan fingerprint density at radius 1 is 1.13 bits per heavy atom. The first-order valence-electron chi connectivity index (χ1n) is 18.7. The summed E-state index contributed by atoms with van der Waals surface area (Å²) in [7, 11) is 3.30. The molecule has 1 amide bonds. The summed E-state index contributed by atoms with van der Waals surface area (Å²) in [6, 6.07) is 6.02. The molecule has 0 saturated carbocycles. The summed E-state index contributed by atoms with van der Waals surface area (Å²) in [5, 5.41) is 11.9. The van der Waals surface area contributed by atoms with Crippen LogP contribution in [0.2, 0.25) is 0 Å². The van der Waals surface area contributed by atoms with Crippen LogP contribution in [-0.4, -0.2) is 95.6 Å². The molecule has 11 heteroatoms. The van der Waals surface area contributed by atoms with Gasteiger partial charge in [0.2, 0.25) is 5.88 Å². The first-order valence-corrected chi connectivity index (χ1v) is 18.7. The van der Waals surface area contributed by atoms with E-state index in [0.717, 1.165) is 50.9 Å². The van der Waals surface area contributed by atoms with Gasteiger partial charge in [0.1, 0.15) is 29.1 Å². The van der Waals surface area contributed by atoms with Crippen molar-refractivity contribution in [1.29, 1.82) is 0 Å². The zero-order valence-corrected chi connectivity index (χ0v) is 31.9. The van der Waals surface area contributed by atoms with Crippen LogP contribution in [0.15, 0.2) is 87.2 Å². The number of nitrogens with zero attached hydrogens (tertiary/aromatic N) is 5. The van der Waals surface area contributed by atoms with Crippen molar-refractivity contribution < 1.29 is 23.4 Å². The van der Waals surface area contributed by atoms with E-state index in [1.54, 1.807) is 39.2 Å². The summed E-state index contributed by atoms with van der Waals surface area (Å²) >= 11 is 0. The van der Waals surface area contributed by atoms with Crippen molar-refractivity contribution in [2.75, 3.05) is 46.8 Å². The van der Waals surface area contributed by atoms with Crippen molar-refractivity contribution in [1.82, 2.24) is 14.7 Å². The van der Waals surface area contributed by atoms with E-state index in [4.69, 9.17) is 20.5 Å². The van der Waals surface area contributed by atoms with Crippen molar-refractivity contribution in [2.24, 2.45) is 15.7 Å². The zero-order chi connectivity index (χ0) is 38.2. The summed E-state index contributed by atoms with van der Waals surface area (Å²) in [5.74, 6) is -1.28. The largest absolute Gasteiger partial charge is 0.508 e. The highest BCUT2D eigenvalue weighted by Crippen LogP contribution is 2.43. The Kier molecular flexibility index (Phi) is 11.0. The van der Waals surface area contributed by atoms with Crippen molar-refractivity contribution in [3.8, 4) is 5.75 Å². The normalized spacial score (nSPS) is 21.7. The third-order valence-electron chi connectivity index (χ3n) is 11.5. The highest BCUT2D eigenvalue weighted by Gasteiger charge is 2.49. The van der Waals surface area contributed by atoms with E-state index >= 15 is 8.78 Å². The van der Waals surface area contributed by atoms with Crippen LogP contribution in [0.5, 0.6) is 5.75 Å². The smallest absolute Gasteiger partial charge is 0.269 e. The second kappa shape index (κ2) is 15.3. The Bertz CT molecular complexity index is 2010. The Balaban J connectivity index is 1.45. The van der Waals surface area contributed by atoms with E-state index in [1.807, 2.05) is 19.9 Å². The number of aromatic hydroxyl groups is 1. The van der Waals surface area contributed by atoms with Crippen molar-refractivity contribution in [3.63, 3.8) is 0 Å². The van der Waals surface area contributed by atoms with Crippen LogP contribution in [0.3, 0.4) is 0 Å². The molecule has 3 aliphatic heterocycles.